The van der Waals surface area contributed by atoms with Gasteiger partial charge in [-0.1, -0.05) is 6.07 Å². The predicted octanol–water partition coefficient (Wildman–Crippen LogP) is 3.92. The van der Waals surface area contributed by atoms with Crippen molar-refractivity contribution in [2.75, 3.05) is 23.3 Å². The van der Waals surface area contributed by atoms with Crippen molar-refractivity contribution in [3.63, 3.8) is 0 Å². The fourth-order valence-electron chi connectivity index (χ4n) is 4.68. The Hall–Kier alpha value is -3.72. The van der Waals surface area contributed by atoms with Crippen molar-refractivity contribution in [1.29, 1.82) is 0 Å². The van der Waals surface area contributed by atoms with Crippen molar-refractivity contribution in [2.24, 2.45) is 14.1 Å². The molecule has 5 rings (SSSR count). The zero-order valence-corrected chi connectivity index (χ0v) is 21.3. The number of imidazole rings is 1. The van der Waals surface area contributed by atoms with Crippen molar-refractivity contribution in [3.8, 4) is 11.4 Å². The molecule has 1 saturated heterocycles. The average Bonchev–Trinajstić information content (AvgIpc) is 3.58. The summed E-state index contributed by atoms with van der Waals surface area (Å²) in [6.45, 7) is 5.51. The lowest BCUT2D eigenvalue weighted by atomic mass is 10.0. The third kappa shape index (κ3) is 4.97. The van der Waals surface area contributed by atoms with Crippen LogP contribution in [0.5, 0.6) is 0 Å². The van der Waals surface area contributed by atoms with E-state index in [1.54, 1.807) is 10.7 Å². The minimum Gasteiger partial charge on any atom is -0.390 e. The van der Waals surface area contributed by atoms with Gasteiger partial charge in [0, 0.05) is 39.8 Å². The van der Waals surface area contributed by atoms with Gasteiger partial charge in [0.1, 0.15) is 17.2 Å². The standard InChI is InChI=1S/C27H33N7O2/c1-27(2,36)12-10-25-29-21-17-24(34-13-5-6-14-34)22(16-23(21)33(25)4)30-26(35)20-9-7-8-18(28-20)19-11-15-32(3)31-19/h7-9,11,15-17,36H,5-6,10,12-14H2,1-4H3,(H,30,35). The first kappa shape index (κ1) is 24.0. The summed E-state index contributed by atoms with van der Waals surface area (Å²) < 4.78 is 3.76. The van der Waals surface area contributed by atoms with Crippen LogP contribution in [-0.2, 0) is 20.5 Å². The number of aliphatic hydroxyl groups is 1. The van der Waals surface area contributed by atoms with E-state index in [9.17, 15) is 9.90 Å². The highest BCUT2D eigenvalue weighted by molar-refractivity contribution is 6.06. The zero-order valence-electron chi connectivity index (χ0n) is 21.3. The molecule has 1 amide bonds. The molecule has 3 aromatic heterocycles. The van der Waals surface area contributed by atoms with Gasteiger partial charge in [-0.25, -0.2) is 9.97 Å². The second kappa shape index (κ2) is 9.39. The lowest BCUT2D eigenvalue weighted by Crippen LogP contribution is -2.21. The number of hydrogen-bond acceptors (Lipinski definition) is 6. The van der Waals surface area contributed by atoms with E-state index in [0.29, 0.717) is 24.2 Å². The maximum Gasteiger partial charge on any atom is 0.274 e. The number of anilines is 2. The number of nitrogens with zero attached hydrogens (tertiary/aromatic N) is 6. The van der Waals surface area contributed by atoms with Gasteiger partial charge in [0.05, 0.1) is 33.7 Å². The van der Waals surface area contributed by atoms with Gasteiger partial charge in [0.15, 0.2) is 0 Å². The molecule has 2 N–H and O–H groups in total. The van der Waals surface area contributed by atoms with Gasteiger partial charge in [-0.2, -0.15) is 5.10 Å². The molecule has 36 heavy (non-hydrogen) atoms. The third-order valence-corrected chi connectivity index (χ3v) is 6.70. The number of hydrogen-bond donors (Lipinski definition) is 2. The molecule has 1 aliphatic rings. The molecule has 0 atom stereocenters. The van der Waals surface area contributed by atoms with Crippen molar-refractivity contribution >= 4 is 28.3 Å². The van der Waals surface area contributed by atoms with Crippen LogP contribution in [0.1, 0.15) is 49.4 Å². The molecular weight excluding hydrogens is 454 g/mol. The molecule has 4 heterocycles. The molecule has 1 aliphatic heterocycles. The fourth-order valence-corrected chi connectivity index (χ4v) is 4.68. The van der Waals surface area contributed by atoms with Gasteiger partial charge in [-0.3, -0.25) is 9.48 Å². The first-order valence-electron chi connectivity index (χ1n) is 12.4. The van der Waals surface area contributed by atoms with Crippen LogP contribution in [0.3, 0.4) is 0 Å². The molecule has 1 aromatic carbocycles. The summed E-state index contributed by atoms with van der Waals surface area (Å²) in [5, 5.41) is 17.7. The topological polar surface area (TPSA) is 101 Å². The predicted molar refractivity (Wildman–Crippen MR) is 141 cm³/mol. The van der Waals surface area contributed by atoms with Gasteiger partial charge in [0.2, 0.25) is 0 Å². The Morgan fingerprint density at radius 2 is 1.86 bits per heavy atom. The Morgan fingerprint density at radius 1 is 1.08 bits per heavy atom. The van der Waals surface area contributed by atoms with E-state index in [1.165, 1.54) is 0 Å². The van der Waals surface area contributed by atoms with E-state index in [4.69, 9.17) is 4.98 Å². The number of pyridine rings is 1. The normalized spacial score (nSPS) is 14.1. The van der Waals surface area contributed by atoms with Crippen LogP contribution in [0.25, 0.3) is 22.4 Å². The molecule has 0 aliphatic carbocycles. The molecule has 0 spiro atoms. The Morgan fingerprint density at radius 3 is 2.56 bits per heavy atom. The van der Waals surface area contributed by atoms with Crippen LogP contribution >= 0.6 is 0 Å². The summed E-state index contributed by atoms with van der Waals surface area (Å²) in [4.78, 5) is 25.1. The van der Waals surface area contributed by atoms with Gasteiger partial charge in [-0.15, -0.1) is 0 Å². The molecule has 9 heteroatoms. The summed E-state index contributed by atoms with van der Waals surface area (Å²) in [6, 6.07) is 11.3. The second-order valence-corrected chi connectivity index (χ2v) is 10.2. The van der Waals surface area contributed by atoms with Crippen LogP contribution in [-0.4, -0.2) is 54.0 Å². The van der Waals surface area contributed by atoms with E-state index in [0.717, 1.165) is 59.9 Å². The first-order valence-corrected chi connectivity index (χ1v) is 12.4. The molecule has 188 valence electrons. The summed E-state index contributed by atoms with van der Waals surface area (Å²) >= 11 is 0. The Labute approximate surface area is 210 Å². The van der Waals surface area contributed by atoms with E-state index in [2.05, 4.69) is 26.4 Å². The maximum atomic E-state index is 13.3. The SMILES string of the molecule is Cn1ccc(-c2cccc(C(=O)Nc3cc4c(cc3N3CCCC3)nc(CCC(C)(C)O)n4C)n2)n1. The highest BCUT2D eigenvalue weighted by Gasteiger charge is 2.22. The van der Waals surface area contributed by atoms with Crippen molar-refractivity contribution in [1.82, 2.24) is 24.3 Å². The van der Waals surface area contributed by atoms with Gasteiger partial charge < -0.3 is 19.9 Å². The highest BCUT2D eigenvalue weighted by atomic mass is 16.3. The Kier molecular flexibility index (Phi) is 6.26. The largest absolute Gasteiger partial charge is 0.390 e. The van der Waals surface area contributed by atoms with Gasteiger partial charge >= 0.3 is 0 Å². The summed E-state index contributed by atoms with van der Waals surface area (Å²) in [5.74, 6) is 0.643. The molecule has 4 aromatic rings. The number of aryl methyl sites for hydroxylation is 3. The zero-order chi connectivity index (χ0) is 25.4. The number of amides is 1. The van der Waals surface area contributed by atoms with E-state index >= 15 is 0 Å². The molecular formula is C27H33N7O2. The number of benzene rings is 1. The van der Waals surface area contributed by atoms with E-state index in [-0.39, 0.29) is 5.91 Å². The minimum absolute atomic E-state index is 0.267. The molecule has 1 fully saturated rings. The highest BCUT2D eigenvalue weighted by Crippen LogP contribution is 2.34. The molecule has 9 nitrogen and oxygen atoms in total. The summed E-state index contributed by atoms with van der Waals surface area (Å²) in [6.07, 6.45) is 5.38. The number of aromatic nitrogens is 5. The quantitative estimate of drug-likeness (QED) is 0.410. The number of rotatable bonds is 7. The lowest BCUT2D eigenvalue weighted by molar-refractivity contribution is 0.0706. The fraction of sp³-hybridized carbons (Fsp3) is 0.407. The van der Waals surface area contributed by atoms with Crippen LogP contribution in [0.15, 0.2) is 42.6 Å². The Bertz CT molecular complexity index is 1410. The molecule has 0 radical (unpaired) electrons. The average molecular weight is 488 g/mol. The second-order valence-electron chi connectivity index (χ2n) is 10.2. The van der Waals surface area contributed by atoms with E-state index in [1.807, 2.05) is 63.0 Å². The van der Waals surface area contributed by atoms with Gasteiger partial charge in [-0.05, 0) is 63.4 Å². The monoisotopic (exact) mass is 487 g/mol. The Balaban J connectivity index is 1.48. The molecule has 0 bridgehead atoms. The lowest BCUT2D eigenvalue weighted by Gasteiger charge is -2.22. The van der Waals surface area contributed by atoms with Crippen molar-refractivity contribution in [3.05, 3.63) is 54.1 Å². The van der Waals surface area contributed by atoms with Crippen LogP contribution in [0.4, 0.5) is 11.4 Å². The van der Waals surface area contributed by atoms with Crippen molar-refractivity contribution < 1.29 is 9.90 Å². The summed E-state index contributed by atoms with van der Waals surface area (Å²) in [7, 11) is 3.83. The van der Waals surface area contributed by atoms with Gasteiger partial charge in [0.25, 0.3) is 5.91 Å². The number of carbonyl (C=O) groups is 1. The smallest absolute Gasteiger partial charge is 0.274 e. The first-order chi connectivity index (χ1) is 17.2. The molecule has 0 unspecified atom stereocenters. The number of carbonyl (C=O) groups excluding carboxylic acids is 1. The maximum absolute atomic E-state index is 13.3. The molecule has 0 saturated carbocycles. The van der Waals surface area contributed by atoms with Crippen LogP contribution < -0.4 is 10.2 Å². The number of fused-ring (bicyclic) bond motifs is 1. The van der Waals surface area contributed by atoms with E-state index < -0.39 is 5.60 Å². The minimum atomic E-state index is -0.755. The summed E-state index contributed by atoms with van der Waals surface area (Å²) in [5.41, 5.74) is 4.50. The van der Waals surface area contributed by atoms with Crippen LogP contribution in [0, 0.1) is 0 Å². The van der Waals surface area contributed by atoms with Crippen molar-refractivity contribution in [2.45, 2.75) is 45.1 Å². The number of nitrogens with one attached hydrogen (secondary N) is 1. The van der Waals surface area contributed by atoms with Crippen LogP contribution in [0.2, 0.25) is 0 Å². The third-order valence-electron chi connectivity index (χ3n) is 6.70.